The summed E-state index contributed by atoms with van der Waals surface area (Å²) in [5.74, 6) is -0.164. The maximum Gasteiger partial charge on any atom is 0.311 e. The van der Waals surface area contributed by atoms with E-state index >= 15 is 0 Å². The van der Waals surface area contributed by atoms with Gasteiger partial charge in [-0.15, -0.1) is 0 Å². The average Bonchev–Trinajstić information content (AvgIpc) is 2.20. The summed E-state index contributed by atoms with van der Waals surface area (Å²) in [5.41, 5.74) is -1.46. The Morgan fingerprint density at radius 1 is 1.10 bits per heavy atom. The van der Waals surface area contributed by atoms with E-state index < -0.39 is 11.0 Å². The van der Waals surface area contributed by atoms with E-state index in [1.807, 2.05) is 41.8 Å². The molecule has 0 aromatic rings. The van der Waals surface area contributed by atoms with Crippen molar-refractivity contribution in [2.75, 3.05) is 27.2 Å². The molecule has 0 radical (unpaired) electrons. The maximum absolute atomic E-state index is 12.2. The highest BCUT2D eigenvalue weighted by Gasteiger charge is 2.33. The van der Waals surface area contributed by atoms with Gasteiger partial charge in [-0.05, 0) is 61.2 Å². The van der Waals surface area contributed by atoms with Crippen LogP contribution in [0.4, 0.5) is 0 Å². The van der Waals surface area contributed by atoms with E-state index in [0.29, 0.717) is 13.0 Å². The molecule has 0 rings (SSSR count). The molecule has 0 bridgehead atoms. The number of hydrogen-bond acceptors (Lipinski definition) is 4. The molecular formula is C16H33NO3. The van der Waals surface area contributed by atoms with Gasteiger partial charge in [-0.1, -0.05) is 13.8 Å². The summed E-state index contributed by atoms with van der Waals surface area (Å²) in [6.07, 6.45) is 1.36. The molecule has 0 spiro atoms. The smallest absolute Gasteiger partial charge is 0.311 e. The Labute approximate surface area is 124 Å². The summed E-state index contributed by atoms with van der Waals surface area (Å²) < 4.78 is 5.48. The van der Waals surface area contributed by atoms with Crippen LogP contribution in [0, 0.1) is 10.8 Å². The molecule has 0 amide bonds. The molecule has 20 heavy (non-hydrogen) atoms. The first-order chi connectivity index (χ1) is 8.75. The molecule has 0 aromatic heterocycles. The third-order valence-electron chi connectivity index (χ3n) is 3.24. The molecule has 0 fully saturated rings. The summed E-state index contributed by atoms with van der Waals surface area (Å²) in [6, 6.07) is 0. The maximum atomic E-state index is 12.2. The largest absolute Gasteiger partial charge is 0.465 e. The number of carbonyl (C=O) groups is 1. The van der Waals surface area contributed by atoms with Crippen molar-refractivity contribution in [1.82, 2.24) is 4.90 Å². The molecule has 4 nitrogen and oxygen atoms in total. The Hall–Kier alpha value is -0.610. The lowest BCUT2D eigenvalue weighted by Gasteiger charge is -2.32. The molecule has 0 aliphatic rings. The van der Waals surface area contributed by atoms with Crippen molar-refractivity contribution in [1.29, 1.82) is 0 Å². The van der Waals surface area contributed by atoms with Crippen LogP contribution < -0.4 is 0 Å². The zero-order chi connectivity index (χ0) is 16.2. The monoisotopic (exact) mass is 287 g/mol. The highest BCUT2D eigenvalue weighted by molar-refractivity contribution is 5.75. The Morgan fingerprint density at radius 2 is 1.60 bits per heavy atom. The quantitative estimate of drug-likeness (QED) is 0.697. The van der Waals surface area contributed by atoms with Gasteiger partial charge in [0.1, 0.15) is 0 Å². The van der Waals surface area contributed by atoms with Crippen molar-refractivity contribution in [2.24, 2.45) is 10.8 Å². The van der Waals surface area contributed by atoms with Gasteiger partial charge in [-0.2, -0.15) is 0 Å². The second kappa shape index (κ2) is 6.90. The van der Waals surface area contributed by atoms with Crippen LogP contribution in [0.25, 0.3) is 0 Å². The van der Waals surface area contributed by atoms with Gasteiger partial charge >= 0.3 is 5.97 Å². The number of hydrogen-bond donors (Lipinski definition) is 1. The first-order valence-electron chi connectivity index (χ1n) is 7.30. The van der Waals surface area contributed by atoms with Crippen LogP contribution in [0.3, 0.4) is 0 Å². The third kappa shape index (κ3) is 8.54. The van der Waals surface area contributed by atoms with Gasteiger partial charge in [0.05, 0.1) is 17.6 Å². The van der Waals surface area contributed by atoms with E-state index in [2.05, 4.69) is 4.90 Å². The van der Waals surface area contributed by atoms with Gasteiger partial charge in [0.25, 0.3) is 0 Å². The molecule has 0 aliphatic heterocycles. The molecule has 0 saturated heterocycles. The van der Waals surface area contributed by atoms with Gasteiger partial charge < -0.3 is 14.7 Å². The van der Waals surface area contributed by atoms with Crippen molar-refractivity contribution in [3.8, 4) is 0 Å². The fourth-order valence-corrected chi connectivity index (χ4v) is 2.28. The molecule has 0 heterocycles. The number of esters is 1. The van der Waals surface area contributed by atoms with E-state index in [1.165, 1.54) is 0 Å². The van der Waals surface area contributed by atoms with E-state index in [1.54, 1.807) is 13.8 Å². The first kappa shape index (κ1) is 19.4. The van der Waals surface area contributed by atoms with E-state index in [9.17, 15) is 9.90 Å². The molecule has 0 aromatic carbocycles. The lowest BCUT2D eigenvalue weighted by molar-refractivity contribution is -0.158. The van der Waals surface area contributed by atoms with Crippen LogP contribution in [0.5, 0.6) is 0 Å². The standard InChI is InChI=1S/C16H33NO3/c1-14(2,11-16(5,6)19)12-20-13(18)15(3,4)9-10-17(7)8/h19H,9-12H2,1-8H3. The van der Waals surface area contributed by atoms with Crippen molar-refractivity contribution >= 4 is 5.97 Å². The van der Waals surface area contributed by atoms with Gasteiger partial charge in [0.15, 0.2) is 0 Å². The first-order valence-corrected chi connectivity index (χ1v) is 7.30. The van der Waals surface area contributed by atoms with Crippen LogP contribution in [0.1, 0.15) is 54.4 Å². The average molecular weight is 287 g/mol. The summed E-state index contributed by atoms with van der Waals surface area (Å²) in [4.78, 5) is 14.2. The zero-order valence-electron chi connectivity index (χ0n) is 14.5. The number of ether oxygens (including phenoxy) is 1. The Morgan fingerprint density at radius 3 is 2.00 bits per heavy atom. The van der Waals surface area contributed by atoms with Crippen LogP contribution in [-0.4, -0.2) is 48.8 Å². The van der Waals surface area contributed by atoms with Gasteiger partial charge in [0.2, 0.25) is 0 Å². The Bertz CT molecular complexity index is 314. The molecule has 0 atom stereocenters. The van der Waals surface area contributed by atoms with Gasteiger partial charge in [-0.25, -0.2) is 0 Å². The van der Waals surface area contributed by atoms with E-state index in [0.717, 1.165) is 13.0 Å². The molecule has 0 unspecified atom stereocenters. The van der Waals surface area contributed by atoms with Crippen LogP contribution in [0.15, 0.2) is 0 Å². The summed E-state index contributed by atoms with van der Waals surface area (Å²) in [6.45, 7) is 12.6. The lowest BCUT2D eigenvalue weighted by Crippen LogP contribution is -2.36. The van der Waals surface area contributed by atoms with Crippen molar-refractivity contribution in [3.05, 3.63) is 0 Å². The zero-order valence-corrected chi connectivity index (χ0v) is 14.5. The molecule has 120 valence electrons. The number of rotatable bonds is 8. The predicted octanol–water partition coefficient (Wildman–Crippen LogP) is 2.69. The van der Waals surface area contributed by atoms with E-state index in [-0.39, 0.29) is 11.4 Å². The second-order valence-electron chi connectivity index (χ2n) is 8.17. The topological polar surface area (TPSA) is 49.8 Å². The van der Waals surface area contributed by atoms with Crippen molar-refractivity contribution < 1.29 is 14.6 Å². The molecule has 1 N–H and O–H groups in total. The Balaban J connectivity index is 4.39. The van der Waals surface area contributed by atoms with Gasteiger partial charge in [0, 0.05) is 5.41 Å². The third-order valence-corrected chi connectivity index (χ3v) is 3.24. The minimum Gasteiger partial charge on any atom is -0.465 e. The molecule has 0 saturated carbocycles. The van der Waals surface area contributed by atoms with Crippen LogP contribution >= 0.6 is 0 Å². The van der Waals surface area contributed by atoms with Crippen LogP contribution in [-0.2, 0) is 9.53 Å². The van der Waals surface area contributed by atoms with E-state index in [4.69, 9.17) is 4.74 Å². The van der Waals surface area contributed by atoms with Crippen molar-refractivity contribution in [2.45, 2.75) is 60.0 Å². The number of aliphatic hydroxyl groups is 1. The fourth-order valence-electron chi connectivity index (χ4n) is 2.28. The molecule has 0 aliphatic carbocycles. The summed E-state index contributed by atoms with van der Waals surface area (Å²) in [5, 5.41) is 9.88. The normalized spacial score (nSPS) is 13.7. The van der Waals surface area contributed by atoms with Crippen molar-refractivity contribution in [3.63, 3.8) is 0 Å². The lowest BCUT2D eigenvalue weighted by atomic mass is 9.82. The number of carbonyl (C=O) groups excluding carboxylic acids is 1. The summed E-state index contributed by atoms with van der Waals surface area (Å²) >= 11 is 0. The van der Waals surface area contributed by atoms with Gasteiger partial charge in [-0.3, -0.25) is 4.79 Å². The SMILES string of the molecule is CN(C)CCC(C)(C)C(=O)OCC(C)(C)CC(C)(C)O. The minimum atomic E-state index is -0.754. The van der Waals surface area contributed by atoms with Crippen LogP contribution in [0.2, 0.25) is 0 Å². The Kier molecular flexibility index (Phi) is 6.69. The molecule has 4 heteroatoms. The summed E-state index contributed by atoms with van der Waals surface area (Å²) in [7, 11) is 3.99. The highest BCUT2D eigenvalue weighted by atomic mass is 16.5. The minimum absolute atomic E-state index is 0.164. The fraction of sp³-hybridized carbons (Fsp3) is 0.938. The predicted molar refractivity (Wildman–Crippen MR) is 82.6 cm³/mol. The second-order valence-corrected chi connectivity index (χ2v) is 8.17. The molecular weight excluding hydrogens is 254 g/mol. The highest BCUT2D eigenvalue weighted by Crippen LogP contribution is 2.30. The number of nitrogens with zero attached hydrogens (tertiary/aromatic N) is 1.